The first kappa shape index (κ1) is 16.0. The number of ether oxygens (including phenoxy) is 4. The number of fused-ring (bicyclic) bond motifs is 1. The molecule has 0 saturated carbocycles. The Morgan fingerprint density at radius 2 is 1.81 bits per heavy atom. The molecule has 4 rings (SSSR count). The number of rotatable bonds is 4. The molecule has 2 heterocycles. The van der Waals surface area contributed by atoms with Crippen molar-refractivity contribution in [1.29, 1.82) is 0 Å². The highest BCUT2D eigenvalue weighted by Crippen LogP contribution is 2.33. The van der Waals surface area contributed by atoms with Crippen molar-refractivity contribution in [3.63, 3.8) is 0 Å². The number of nitrogens with zero attached hydrogens (tertiary/aromatic N) is 2. The summed E-state index contributed by atoms with van der Waals surface area (Å²) in [5, 5.41) is 4.38. The smallest absolute Gasteiger partial charge is 0.278 e. The molecule has 1 aliphatic heterocycles. The summed E-state index contributed by atoms with van der Waals surface area (Å²) in [6, 6.07) is 12.3. The Kier molecular flexibility index (Phi) is 3.96. The average Bonchev–Trinajstić information content (AvgIpc) is 3.35. The van der Waals surface area contributed by atoms with E-state index in [0.717, 1.165) is 5.56 Å². The van der Waals surface area contributed by atoms with Gasteiger partial charge in [0.05, 0.1) is 19.9 Å². The average molecular weight is 352 g/mol. The quantitative estimate of drug-likeness (QED) is 0.719. The van der Waals surface area contributed by atoms with Crippen LogP contribution in [0.5, 0.6) is 23.0 Å². The van der Waals surface area contributed by atoms with Gasteiger partial charge in [0.25, 0.3) is 5.91 Å². The number of hydrogen-bond acceptors (Lipinski definition) is 6. The first-order valence-corrected chi connectivity index (χ1v) is 7.92. The summed E-state index contributed by atoms with van der Waals surface area (Å²) in [7, 11) is 3.15. The first-order valence-electron chi connectivity index (χ1n) is 7.92. The Morgan fingerprint density at radius 3 is 2.62 bits per heavy atom. The van der Waals surface area contributed by atoms with Crippen LogP contribution in [-0.4, -0.2) is 36.7 Å². The monoisotopic (exact) mass is 352 g/mol. The lowest BCUT2D eigenvalue weighted by molar-refractivity contribution is 0.0945. The Bertz CT molecular complexity index is 980. The summed E-state index contributed by atoms with van der Waals surface area (Å²) < 4.78 is 22.4. The molecule has 0 bridgehead atoms. The van der Waals surface area contributed by atoms with E-state index >= 15 is 0 Å². The van der Waals surface area contributed by atoms with E-state index in [2.05, 4.69) is 5.10 Å². The van der Waals surface area contributed by atoms with Crippen LogP contribution in [-0.2, 0) is 0 Å². The van der Waals surface area contributed by atoms with Crippen molar-refractivity contribution in [1.82, 2.24) is 9.78 Å². The van der Waals surface area contributed by atoms with Crippen LogP contribution in [0.15, 0.2) is 48.7 Å². The Morgan fingerprint density at radius 1 is 1.00 bits per heavy atom. The van der Waals surface area contributed by atoms with Crippen LogP contribution in [0.3, 0.4) is 0 Å². The highest BCUT2D eigenvalue weighted by molar-refractivity contribution is 5.96. The van der Waals surface area contributed by atoms with Crippen molar-refractivity contribution in [3.05, 3.63) is 54.2 Å². The molecule has 7 nitrogen and oxygen atoms in total. The zero-order valence-corrected chi connectivity index (χ0v) is 14.3. The molecule has 7 heteroatoms. The summed E-state index contributed by atoms with van der Waals surface area (Å²) in [6.07, 6.45) is 1.62. The highest BCUT2D eigenvalue weighted by atomic mass is 16.7. The van der Waals surface area contributed by atoms with E-state index < -0.39 is 0 Å². The zero-order chi connectivity index (χ0) is 18.1. The lowest BCUT2D eigenvalue weighted by Gasteiger charge is -2.08. The number of aromatic nitrogens is 2. The predicted octanol–water partition coefficient (Wildman–Crippen LogP) is 2.98. The zero-order valence-electron chi connectivity index (χ0n) is 14.3. The molecule has 0 atom stereocenters. The molecule has 0 saturated heterocycles. The fraction of sp³-hybridized carbons (Fsp3) is 0.158. The molecule has 2 aromatic carbocycles. The van der Waals surface area contributed by atoms with Gasteiger partial charge in [-0.1, -0.05) is 0 Å². The number of carbonyl (C=O) groups is 1. The molecule has 0 fully saturated rings. The summed E-state index contributed by atoms with van der Waals surface area (Å²) >= 11 is 0. The minimum atomic E-state index is -0.255. The van der Waals surface area contributed by atoms with E-state index in [1.54, 1.807) is 50.7 Å². The fourth-order valence-electron chi connectivity index (χ4n) is 2.75. The molecule has 0 radical (unpaired) electrons. The molecule has 0 aliphatic carbocycles. The maximum Gasteiger partial charge on any atom is 0.278 e. The van der Waals surface area contributed by atoms with Gasteiger partial charge in [-0.05, 0) is 42.5 Å². The number of hydrogen-bond donors (Lipinski definition) is 0. The van der Waals surface area contributed by atoms with Crippen molar-refractivity contribution in [2.45, 2.75) is 0 Å². The maximum absolute atomic E-state index is 12.7. The molecule has 0 N–H and O–H groups in total. The van der Waals surface area contributed by atoms with E-state index in [4.69, 9.17) is 18.9 Å². The second kappa shape index (κ2) is 6.44. The Balaban J connectivity index is 1.63. The number of carbonyl (C=O) groups excluding carboxylic acids is 1. The number of methoxy groups -OCH3 is 2. The lowest BCUT2D eigenvalue weighted by atomic mass is 10.1. The van der Waals surface area contributed by atoms with Gasteiger partial charge in [0, 0.05) is 17.3 Å². The topological polar surface area (TPSA) is 71.8 Å². The lowest BCUT2D eigenvalue weighted by Crippen LogP contribution is -2.12. The minimum Gasteiger partial charge on any atom is -0.493 e. The molecule has 26 heavy (non-hydrogen) atoms. The van der Waals surface area contributed by atoms with Gasteiger partial charge in [-0.2, -0.15) is 5.10 Å². The molecule has 3 aromatic rings. The van der Waals surface area contributed by atoms with Crippen LogP contribution in [0.25, 0.3) is 11.3 Å². The van der Waals surface area contributed by atoms with Crippen LogP contribution in [0.2, 0.25) is 0 Å². The van der Waals surface area contributed by atoms with Crippen LogP contribution in [0, 0.1) is 0 Å². The largest absolute Gasteiger partial charge is 0.493 e. The van der Waals surface area contributed by atoms with Gasteiger partial charge in [0.1, 0.15) is 0 Å². The Labute approximate surface area is 149 Å². The summed E-state index contributed by atoms with van der Waals surface area (Å²) in [4.78, 5) is 12.7. The van der Waals surface area contributed by atoms with Crippen LogP contribution >= 0.6 is 0 Å². The second-order valence-corrected chi connectivity index (χ2v) is 5.59. The first-order chi connectivity index (χ1) is 12.7. The van der Waals surface area contributed by atoms with E-state index in [1.807, 2.05) is 12.1 Å². The normalized spacial score (nSPS) is 12.1. The predicted molar refractivity (Wildman–Crippen MR) is 93.1 cm³/mol. The summed E-state index contributed by atoms with van der Waals surface area (Å²) in [5.74, 6) is 2.17. The molecule has 1 aromatic heterocycles. The third-order valence-corrected chi connectivity index (χ3v) is 4.10. The molecule has 0 amide bonds. The SMILES string of the molecule is COc1ccc(-c2ccn(C(=O)c3ccc4c(c3)OCO4)n2)cc1OC. The van der Waals surface area contributed by atoms with E-state index in [1.165, 1.54) is 4.68 Å². The molecule has 1 aliphatic rings. The fourth-order valence-corrected chi connectivity index (χ4v) is 2.75. The van der Waals surface area contributed by atoms with Gasteiger partial charge in [0.2, 0.25) is 6.79 Å². The van der Waals surface area contributed by atoms with Crippen molar-refractivity contribution in [3.8, 4) is 34.3 Å². The molecular weight excluding hydrogens is 336 g/mol. The maximum atomic E-state index is 12.7. The summed E-state index contributed by atoms with van der Waals surface area (Å²) in [5.41, 5.74) is 1.94. The van der Waals surface area contributed by atoms with E-state index in [9.17, 15) is 4.79 Å². The highest BCUT2D eigenvalue weighted by Gasteiger charge is 2.18. The summed E-state index contributed by atoms with van der Waals surface area (Å²) in [6.45, 7) is 0.165. The van der Waals surface area contributed by atoms with Crippen molar-refractivity contribution in [2.75, 3.05) is 21.0 Å². The Hall–Kier alpha value is -3.48. The van der Waals surface area contributed by atoms with Crippen LogP contribution in [0.1, 0.15) is 10.4 Å². The number of benzene rings is 2. The van der Waals surface area contributed by atoms with Crippen molar-refractivity contribution < 1.29 is 23.7 Å². The van der Waals surface area contributed by atoms with Gasteiger partial charge >= 0.3 is 0 Å². The van der Waals surface area contributed by atoms with Gasteiger partial charge < -0.3 is 18.9 Å². The van der Waals surface area contributed by atoms with E-state index in [0.29, 0.717) is 34.3 Å². The minimum absolute atomic E-state index is 0.165. The molecule has 0 unspecified atom stereocenters. The molecule has 132 valence electrons. The van der Waals surface area contributed by atoms with Crippen LogP contribution in [0.4, 0.5) is 0 Å². The second-order valence-electron chi connectivity index (χ2n) is 5.59. The van der Waals surface area contributed by atoms with Crippen LogP contribution < -0.4 is 18.9 Å². The third-order valence-electron chi connectivity index (χ3n) is 4.10. The van der Waals surface area contributed by atoms with Gasteiger partial charge in [-0.25, -0.2) is 4.68 Å². The van der Waals surface area contributed by atoms with Crippen molar-refractivity contribution in [2.24, 2.45) is 0 Å². The van der Waals surface area contributed by atoms with Gasteiger partial charge in [0.15, 0.2) is 23.0 Å². The molecular formula is C19H16N2O5. The molecule has 0 spiro atoms. The van der Waals surface area contributed by atoms with Gasteiger partial charge in [-0.15, -0.1) is 0 Å². The van der Waals surface area contributed by atoms with Crippen molar-refractivity contribution >= 4 is 5.91 Å². The standard InChI is InChI=1S/C19H16N2O5/c1-23-15-5-3-12(9-17(15)24-2)14-7-8-21(20-14)19(22)13-4-6-16-18(10-13)26-11-25-16/h3-10H,11H2,1-2H3. The van der Waals surface area contributed by atoms with Gasteiger partial charge in [-0.3, -0.25) is 4.79 Å². The third kappa shape index (κ3) is 2.73. The van der Waals surface area contributed by atoms with E-state index in [-0.39, 0.29) is 12.7 Å².